The van der Waals surface area contributed by atoms with Gasteiger partial charge in [-0.15, -0.1) is 0 Å². The highest BCUT2D eigenvalue weighted by molar-refractivity contribution is 9.10. The number of hydrogen-bond donors (Lipinski definition) is 1. The number of carbonyl (C=O) groups excluding carboxylic acids is 1. The number of aliphatic carboxylic acids is 1. The monoisotopic (exact) mass is 391 g/mol. The van der Waals surface area contributed by atoms with Crippen molar-refractivity contribution in [1.82, 2.24) is 4.90 Å². The molecule has 1 fully saturated rings. The van der Waals surface area contributed by atoms with Crippen LogP contribution < -0.4 is 0 Å². The van der Waals surface area contributed by atoms with Crippen molar-refractivity contribution in [2.75, 3.05) is 13.1 Å². The highest BCUT2D eigenvalue weighted by Crippen LogP contribution is 2.27. The van der Waals surface area contributed by atoms with E-state index in [4.69, 9.17) is 16.7 Å². The van der Waals surface area contributed by atoms with E-state index >= 15 is 0 Å². The molecule has 1 aliphatic heterocycles. The smallest absolute Gasteiger partial charge is 0.303 e. The van der Waals surface area contributed by atoms with Crippen molar-refractivity contribution in [3.63, 3.8) is 0 Å². The van der Waals surface area contributed by atoms with Crippen molar-refractivity contribution in [3.8, 4) is 0 Å². The zero-order valence-corrected chi connectivity index (χ0v) is 14.2. The van der Waals surface area contributed by atoms with E-state index < -0.39 is 17.7 Å². The molecule has 0 aliphatic carbocycles. The third-order valence-corrected chi connectivity index (χ3v) is 4.59. The first-order valence-electron chi connectivity index (χ1n) is 7.04. The minimum absolute atomic E-state index is 0.0572. The van der Waals surface area contributed by atoms with Crippen molar-refractivity contribution in [2.24, 2.45) is 5.92 Å². The zero-order chi connectivity index (χ0) is 16.3. The fourth-order valence-corrected chi connectivity index (χ4v) is 3.50. The van der Waals surface area contributed by atoms with Crippen molar-refractivity contribution in [1.29, 1.82) is 0 Å². The fraction of sp³-hybridized carbons (Fsp3) is 0.467. The number of benzene rings is 1. The van der Waals surface area contributed by atoms with Gasteiger partial charge < -0.3 is 10.0 Å². The minimum atomic E-state index is -0.840. The first-order valence-corrected chi connectivity index (χ1v) is 8.21. The molecule has 0 bridgehead atoms. The molecule has 0 spiro atoms. The number of piperidine rings is 1. The van der Waals surface area contributed by atoms with Crippen LogP contribution in [0.15, 0.2) is 16.6 Å². The van der Waals surface area contributed by atoms with Crippen molar-refractivity contribution in [2.45, 2.75) is 25.7 Å². The summed E-state index contributed by atoms with van der Waals surface area (Å²) in [4.78, 5) is 24.7. The molecule has 22 heavy (non-hydrogen) atoms. The zero-order valence-electron chi connectivity index (χ0n) is 11.8. The average molecular weight is 393 g/mol. The van der Waals surface area contributed by atoms with Gasteiger partial charge in [-0.1, -0.05) is 11.6 Å². The van der Waals surface area contributed by atoms with Gasteiger partial charge in [0.25, 0.3) is 5.91 Å². The van der Waals surface area contributed by atoms with Gasteiger partial charge in [0.15, 0.2) is 0 Å². The topological polar surface area (TPSA) is 57.6 Å². The summed E-state index contributed by atoms with van der Waals surface area (Å²) in [7, 11) is 0. The second-order valence-corrected chi connectivity index (χ2v) is 6.73. The van der Waals surface area contributed by atoms with Crippen LogP contribution in [0.25, 0.3) is 0 Å². The lowest BCUT2D eigenvalue weighted by Crippen LogP contribution is -2.40. The van der Waals surface area contributed by atoms with E-state index in [1.165, 1.54) is 12.1 Å². The minimum Gasteiger partial charge on any atom is -0.481 e. The quantitative estimate of drug-likeness (QED) is 0.789. The molecular weight excluding hydrogens is 377 g/mol. The summed E-state index contributed by atoms with van der Waals surface area (Å²) in [5, 5.41) is 9.03. The summed E-state index contributed by atoms with van der Waals surface area (Å²) in [6.45, 7) is 1.00. The van der Waals surface area contributed by atoms with Gasteiger partial charge in [-0.25, -0.2) is 4.39 Å². The SMILES string of the molecule is O=C(O)CCC1CCCN(C(=O)c2cc(Cl)cc(Br)c2F)C1. The highest BCUT2D eigenvalue weighted by Gasteiger charge is 2.27. The number of carboxylic acid groups (broad SMARTS) is 1. The highest BCUT2D eigenvalue weighted by atomic mass is 79.9. The van der Waals surface area contributed by atoms with Crippen LogP contribution in [0.2, 0.25) is 5.02 Å². The fourth-order valence-electron chi connectivity index (χ4n) is 2.69. The van der Waals surface area contributed by atoms with Gasteiger partial charge in [-0.3, -0.25) is 9.59 Å². The normalized spacial score (nSPS) is 18.3. The molecular formula is C15H16BrClFNO3. The van der Waals surface area contributed by atoms with Crippen LogP contribution in [0, 0.1) is 11.7 Å². The maximum Gasteiger partial charge on any atom is 0.303 e. The molecule has 1 unspecified atom stereocenters. The van der Waals surface area contributed by atoms with E-state index in [2.05, 4.69) is 15.9 Å². The number of rotatable bonds is 4. The van der Waals surface area contributed by atoms with Crippen LogP contribution in [-0.4, -0.2) is 35.0 Å². The number of amides is 1. The Kier molecular flexibility index (Phi) is 5.81. The Hall–Kier alpha value is -1.14. The van der Waals surface area contributed by atoms with Gasteiger partial charge >= 0.3 is 5.97 Å². The van der Waals surface area contributed by atoms with E-state index in [0.717, 1.165) is 12.8 Å². The molecule has 1 heterocycles. The number of carboxylic acids is 1. The Balaban J connectivity index is 2.10. The molecule has 7 heteroatoms. The molecule has 4 nitrogen and oxygen atoms in total. The summed E-state index contributed by atoms with van der Waals surface area (Å²) in [6.07, 6.45) is 2.29. The van der Waals surface area contributed by atoms with E-state index in [0.29, 0.717) is 19.5 Å². The summed E-state index contributed by atoms with van der Waals surface area (Å²) in [6, 6.07) is 2.73. The number of hydrogen-bond acceptors (Lipinski definition) is 2. The Morgan fingerprint density at radius 1 is 1.45 bits per heavy atom. The van der Waals surface area contributed by atoms with Crippen molar-refractivity contribution in [3.05, 3.63) is 33.0 Å². The van der Waals surface area contributed by atoms with Gasteiger partial charge in [0.2, 0.25) is 0 Å². The first kappa shape index (κ1) is 17.2. The number of halogens is 3. The molecule has 2 rings (SSSR count). The van der Waals surface area contributed by atoms with Crippen LogP contribution in [0.5, 0.6) is 0 Å². The van der Waals surface area contributed by atoms with Gasteiger partial charge in [-0.2, -0.15) is 0 Å². The van der Waals surface area contributed by atoms with Crippen LogP contribution in [0.4, 0.5) is 4.39 Å². The van der Waals surface area contributed by atoms with Crippen molar-refractivity contribution < 1.29 is 19.1 Å². The first-order chi connectivity index (χ1) is 10.4. The maximum absolute atomic E-state index is 14.1. The second kappa shape index (κ2) is 7.42. The molecule has 1 atom stereocenters. The number of carbonyl (C=O) groups is 2. The lowest BCUT2D eigenvalue weighted by molar-refractivity contribution is -0.137. The Labute approximate surface area is 141 Å². The van der Waals surface area contributed by atoms with E-state index in [-0.39, 0.29) is 27.4 Å². The predicted octanol–water partition coefficient (Wildman–Crippen LogP) is 3.96. The third kappa shape index (κ3) is 4.20. The second-order valence-electron chi connectivity index (χ2n) is 5.44. The summed E-state index contributed by atoms with van der Waals surface area (Å²) < 4.78 is 14.3. The maximum atomic E-state index is 14.1. The van der Waals surface area contributed by atoms with E-state index in [9.17, 15) is 14.0 Å². The summed E-state index contributed by atoms with van der Waals surface area (Å²) in [5.41, 5.74) is -0.0572. The van der Waals surface area contributed by atoms with Gasteiger partial charge in [-0.05, 0) is 53.2 Å². The predicted molar refractivity (Wildman–Crippen MR) is 84.6 cm³/mol. The van der Waals surface area contributed by atoms with Crippen LogP contribution in [0.3, 0.4) is 0 Å². The van der Waals surface area contributed by atoms with Gasteiger partial charge in [0.05, 0.1) is 10.0 Å². The molecule has 1 aromatic carbocycles. The van der Waals surface area contributed by atoms with Crippen LogP contribution >= 0.6 is 27.5 Å². The number of nitrogens with zero attached hydrogens (tertiary/aromatic N) is 1. The number of likely N-dealkylation sites (tertiary alicyclic amines) is 1. The van der Waals surface area contributed by atoms with E-state index in [1.54, 1.807) is 4.90 Å². The summed E-state index contributed by atoms with van der Waals surface area (Å²) >= 11 is 8.93. The van der Waals surface area contributed by atoms with Gasteiger partial charge in [0, 0.05) is 24.5 Å². The van der Waals surface area contributed by atoms with Crippen LogP contribution in [0.1, 0.15) is 36.0 Å². The van der Waals surface area contributed by atoms with Crippen LogP contribution in [-0.2, 0) is 4.79 Å². The Morgan fingerprint density at radius 3 is 2.86 bits per heavy atom. The standard InChI is InChI=1S/C15H16BrClFNO3/c16-12-7-10(17)6-11(14(12)18)15(22)19-5-1-2-9(8-19)3-4-13(20)21/h6-7,9H,1-5,8H2,(H,20,21). The molecule has 1 N–H and O–H groups in total. The molecule has 1 amide bonds. The molecule has 1 aliphatic rings. The van der Waals surface area contributed by atoms with Crippen molar-refractivity contribution >= 4 is 39.4 Å². The molecule has 0 aromatic heterocycles. The molecule has 0 radical (unpaired) electrons. The molecule has 1 aromatic rings. The molecule has 0 saturated carbocycles. The summed E-state index contributed by atoms with van der Waals surface area (Å²) in [5.74, 6) is -1.73. The molecule has 120 valence electrons. The van der Waals surface area contributed by atoms with E-state index in [1.807, 2.05) is 0 Å². The largest absolute Gasteiger partial charge is 0.481 e. The average Bonchev–Trinajstić information content (AvgIpc) is 2.48. The third-order valence-electron chi connectivity index (χ3n) is 3.80. The Bertz CT molecular complexity index is 596. The lowest BCUT2D eigenvalue weighted by atomic mass is 9.93. The lowest BCUT2D eigenvalue weighted by Gasteiger charge is -2.32. The molecule has 1 saturated heterocycles. The Morgan fingerprint density at radius 2 is 2.18 bits per heavy atom. The van der Waals surface area contributed by atoms with Gasteiger partial charge in [0.1, 0.15) is 5.82 Å².